The molecule has 1 aliphatic heterocycles. The van der Waals surface area contributed by atoms with E-state index >= 15 is 0 Å². The van der Waals surface area contributed by atoms with Crippen molar-refractivity contribution in [3.8, 4) is 23.0 Å². The molecule has 0 amide bonds. The smallest absolute Gasteiger partial charge is 0.304 e. The summed E-state index contributed by atoms with van der Waals surface area (Å²) in [5.74, 6) is 2.90. The van der Waals surface area contributed by atoms with Crippen LogP contribution in [0.5, 0.6) is 23.0 Å². The highest BCUT2D eigenvalue weighted by Gasteiger charge is 2.29. The SMILES string of the molecule is CN(C)c1ccc(Oc2cccc3c2CC[C@H]3Oc2ccc3c(c2)OC[C@H]3CC(=O)O)cn1. The van der Waals surface area contributed by atoms with E-state index < -0.39 is 5.97 Å². The number of benzene rings is 2. The minimum atomic E-state index is -0.818. The van der Waals surface area contributed by atoms with E-state index in [1.54, 1.807) is 6.20 Å². The van der Waals surface area contributed by atoms with Crippen molar-refractivity contribution in [2.45, 2.75) is 31.3 Å². The van der Waals surface area contributed by atoms with Gasteiger partial charge < -0.3 is 24.2 Å². The van der Waals surface area contributed by atoms with Crippen molar-refractivity contribution in [3.05, 3.63) is 71.4 Å². The lowest BCUT2D eigenvalue weighted by Crippen LogP contribution is -2.10. The van der Waals surface area contributed by atoms with Gasteiger partial charge in [-0.2, -0.15) is 0 Å². The Labute approximate surface area is 192 Å². The molecule has 0 spiro atoms. The van der Waals surface area contributed by atoms with Crippen molar-refractivity contribution in [1.82, 2.24) is 4.98 Å². The third kappa shape index (κ3) is 4.31. The lowest BCUT2D eigenvalue weighted by molar-refractivity contribution is -0.137. The van der Waals surface area contributed by atoms with Gasteiger partial charge in [-0.25, -0.2) is 4.98 Å². The standard InChI is InChI=1S/C26H26N2O5/c1-28(2)25-11-7-18(14-27-25)33-22-5-3-4-20-21(22)9-10-23(20)32-17-6-8-19-16(12-26(29)30)15-31-24(19)13-17/h3-8,11,13-14,16,23H,9-10,12,15H2,1-2H3,(H,29,30)/t16-,23-/m1/s1. The average molecular weight is 447 g/mol. The molecule has 2 atom stereocenters. The van der Waals surface area contributed by atoms with E-state index in [0.29, 0.717) is 18.1 Å². The summed E-state index contributed by atoms with van der Waals surface area (Å²) in [7, 11) is 3.91. The Morgan fingerprint density at radius 1 is 1.15 bits per heavy atom. The molecule has 7 heteroatoms. The number of ether oxygens (including phenoxy) is 3. The summed E-state index contributed by atoms with van der Waals surface area (Å²) in [6, 6.07) is 15.6. The zero-order valence-corrected chi connectivity index (χ0v) is 18.7. The van der Waals surface area contributed by atoms with Crippen LogP contribution in [-0.2, 0) is 11.2 Å². The second-order valence-corrected chi connectivity index (χ2v) is 8.62. The van der Waals surface area contributed by atoms with Crippen LogP contribution in [0.2, 0.25) is 0 Å². The summed E-state index contributed by atoms with van der Waals surface area (Å²) in [6.07, 6.45) is 3.44. The van der Waals surface area contributed by atoms with E-state index in [2.05, 4.69) is 11.1 Å². The van der Waals surface area contributed by atoms with Gasteiger partial charge in [0.25, 0.3) is 0 Å². The molecule has 0 saturated carbocycles. The molecule has 2 aromatic carbocycles. The number of pyridine rings is 1. The molecule has 170 valence electrons. The van der Waals surface area contributed by atoms with Gasteiger partial charge in [0.1, 0.15) is 34.9 Å². The minimum Gasteiger partial charge on any atom is -0.492 e. The molecule has 1 aliphatic carbocycles. The maximum Gasteiger partial charge on any atom is 0.304 e. The Balaban J connectivity index is 1.31. The summed E-state index contributed by atoms with van der Waals surface area (Å²) in [5, 5.41) is 9.09. The van der Waals surface area contributed by atoms with Gasteiger partial charge in [-0.1, -0.05) is 18.2 Å². The number of carboxylic acid groups (broad SMARTS) is 1. The molecule has 1 aromatic heterocycles. The number of rotatable bonds is 7. The third-order valence-electron chi connectivity index (χ3n) is 6.14. The molecule has 0 fully saturated rings. The molecule has 0 saturated heterocycles. The number of hydrogen-bond donors (Lipinski definition) is 1. The van der Waals surface area contributed by atoms with Gasteiger partial charge in [0.2, 0.25) is 0 Å². The quantitative estimate of drug-likeness (QED) is 0.549. The Bertz CT molecular complexity index is 1180. The number of fused-ring (bicyclic) bond motifs is 2. The second-order valence-electron chi connectivity index (χ2n) is 8.62. The fraction of sp³-hybridized carbons (Fsp3) is 0.308. The Morgan fingerprint density at radius 2 is 2.00 bits per heavy atom. The van der Waals surface area contributed by atoms with Crippen LogP contribution >= 0.6 is 0 Å². The van der Waals surface area contributed by atoms with Crippen molar-refractivity contribution in [3.63, 3.8) is 0 Å². The lowest BCUT2D eigenvalue weighted by Gasteiger charge is -2.17. The monoisotopic (exact) mass is 446 g/mol. The van der Waals surface area contributed by atoms with E-state index in [1.165, 1.54) is 0 Å². The Kier molecular flexibility index (Phi) is 5.54. The van der Waals surface area contributed by atoms with Crippen LogP contribution in [0.4, 0.5) is 5.82 Å². The predicted molar refractivity (Wildman–Crippen MR) is 124 cm³/mol. The van der Waals surface area contributed by atoms with Gasteiger partial charge in [-0.05, 0) is 42.7 Å². The molecule has 33 heavy (non-hydrogen) atoms. The van der Waals surface area contributed by atoms with Gasteiger partial charge >= 0.3 is 5.97 Å². The summed E-state index contributed by atoms with van der Waals surface area (Å²) >= 11 is 0. The number of carbonyl (C=O) groups is 1. The van der Waals surface area contributed by atoms with Gasteiger partial charge in [-0.15, -0.1) is 0 Å². The summed E-state index contributed by atoms with van der Waals surface area (Å²) in [6.45, 7) is 0.391. The van der Waals surface area contributed by atoms with Crippen LogP contribution in [0.3, 0.4) is 0 Å². The molecule has 7 nitrogen and oxygen atoms in total. The highest BCUT2D eigenvalue weighted by molar-refractivity contribution is 5.68. The number of aliphatic carboxylic acids is 1. The first-order valence-corrected chi connectivity index (χ1v) is 11.1. The van der Waals surface area contributed by atoms with Crippen LogP contribution in [0.1, 0.15) is 41.6 Å². The van der Waals surface area contributed by atoms with Crippen LogP contribution in [0.25, 0.3) is 0 Å². The molecular formula is C26H26N2O5. The van der Waals surface area contributed by atoms with Crippen molar-refractivity contribution in [2.75, 3.05) is 25.6 Å². The number of aromatic nitrogens is 1. The van der Waals surface area contributed by atoms with E-state index in [-0.39, 0.29) is 18.4 Å². The zero-order valence-electron chi connectivity index (χ0n) is 18.7. The summed E-state index contributed by atoms with van der Waals surface area (Å²) < 4.78 is 18.2. The molecule has 2 aliphatic rings. The fourth-order valence-electron chi connectivity index (χ4n) is 4.50. The van der Waals surface area contributed by atoms with Crippen LogP contribution in [-0.4, -0.2) is 36.8 Å². The molecule has 0 unspecified atom stereocenters. The van der Waals surface area contributed by atoms with Crippen LogP contribution in [0, 0.1) is 0 Å². The van der Waals surface area contributed by atoms with Gasteiger partial charge in [0.15, 0.2) is 0 Å². The highest BCUT2D eigenvalue weighted by Crippen LogP contribution is 2.43. The molecule has 3 aromatic rings. The number of nitrogens with zero attached hydrogens (tertiary/aromatic N) is 2. The van der Waals surface area contributed by atoms with Gasteiger partial charge in [0, 0.05) is 37.2 Å². The largest absolute Gasteiger partial charge is 0.492 e. The van der Waals surface area contributed by atoms with Gasteiger partial charge in [0.05, 0.1) is 19.2 Å². The number of carboxylic acids is 1. The van der Waals surface area contributed by atoms with E-state index in [1.807, 2.05) is 61.5 Å². The molecular weight excluding hydrogens is 420 g/mol. The molecule has 0 radical (unpaired) electrons. The second kappa shape index (κ2) is 8.65. The average Bonchev–Trinajstić information content (AvgIpc) is 3.38. The first-order valence-electron chi connectivity index (χ1n) is 11.1. The van der Waals surface area contributed by atoms with Crippen molar-refractivity contribution >= 4 is 11.8 Å². The normalized spacial score (nSPS) is 18.2. The molecule has 0 bridgehead atoms. The van der Waals surface area contributed by atoms with Crippen LogP contribution < -0.4 is 19.1 Å². The summed E-state index contributed by atoms with van der Waals surface area (Å²) in [4.78, 5) is 17.4. The van der Waals surface area contributed by atoms with Crippen molar-refractivity contribution < 1.29 is 24.1 Å². The summed E-state index contributed by atoms with van der Waals surface area (Å²) in [5.41, 5.74) is 3.20. The Morgan fingerprint density at radius 3 is 2.76 bits per heavy atom. The van der Waals surface area contributed by atoms with Crippen LogP contribution in [0.15, 0.2) is 54.7 Å². The first kappa shape index (κ1) is 21.1. The molecule has 5 rings (SSSR count). The van der Waals surface area contributed by atoms with Crippen molar-refractivity contribution in [2.24, 2.45) is 0 Å². The maximum absolute atomic E-state index is 11.1. The fourth-order valence-corrected chi connectivity index (χ4v) is 4.50. The third-order valence-corrected chi connectivity index (χ3v) is 6.14. The van der Waals surface area contributed by atoms with Gasteiger partial charge in [-0.3, -0.25) is 4.79 Å². The molecule has 2 heterocycles. The molecule has 1 N–H and O–H groups in total. The van der Waals surface area contributed by atoms with E-state index in [9.17, 15) is 4.79 Å². The first-order chi connectivity index (χ1) is 16.0. The Hall–Kier alpha value is -3.74. The predicted octanol–water partition coefficient (Wildman–Crippen LogP) is 4.96. The van der Waals surface area contributed by atoms with E-state index in [0.717, 1.165) is 46.8 Å². The number of hydrogen-bond acceptors (Lipinski definition) is 6. The topological polar surface area (TPSA) is 81.1 Å². The zero-order chi connectivity index (χ0) is 22.9. The highest BCUT2D eigenvalue weighted by atomic mass is 16.5. The lowest BCUT2D eigenvalue weighted by atomic mass is 9.98. The van der Waals surface area contributed by atoms with Crippen molar-refractivity contribution in [1.29, 1.82) is 0 Å². The van der Waals surface area contributed by atoms with E-state index in [4.69, 9.17) is 19.3 Å². The minimum absolute atomic E-state index is 0.0688. The number of anilines is 1. The maximum atomic E-state index is 11.1.